The first-order valence-electron chi connectivity index (χ1n) is 7.16. The molecule has 2 N–H and O–H groups in total. The maximum absolute atomic E-state index is 6.24. The van der Waals surface area contributed by atoms with Gasteiger partial charge in [0.25, 0.3) is 0 Å². The average Bonchev–Trinajstić information content (AvgIpc) is 3.08. The van der Waals surface area contributed by atoms with Gasteiger partial charge in [-0.15, -0.1) is 0 Å². The number of halogens is 2. The molecule has 1 fully saturated rings. The smallest absolute Gasteiger partial charge is 0.228 e. The third-order valence-corrected chi connectivity index (χ3v) is 4.44. The zero-order valence-electron chi connectivity index (χ0n) is 11.6. The van der Waals surface area contributed by atoms with Crippen molar-refractivity contribution in [1.82, 2.24) is 10.1 Å². The van der Waals surface area contributed by atoms with Crippen molar-refractivity contribution in [3.63, 3.8) is 0 Å². The summed E-state index contributed by atoms with van der Waals surface area (Å²) in [5.41, 5.74) is 6.98. The lowest BCUT2D eigenvalue weighted by Gasteiger charge is -2.16. The second-order valence-corrected chi connectivity index (χ2v) is 6.46. The minimum Gasteiger partial charge on any atom is -0.339 e. The van der Waals surface area contributed by atoms with Crippen molar-refractivity contribution in [2.24, 2.45) is 11.7 Å². The maximum Gasteiger partial charge on any atom is 0.228 e. The second-order valence-electron chi connectivity index (χ2n) is 5.58. The molecule has 1 aromatic carbocycles. The summed E-state index contributed by atoms with van der Waals surface area (Å²) in [6.07, 6.45) is 5.56. The third kappa shape index (κ3) is 3.57. The molecule has 0 aliphatic heterocycles. The lowest BCUT2D eigenvalue weighted by molar-refractivity contribution is 0.341. The molecule has 2 aromatic rings. The summed E-state index contributed by atoms with van der Waals surface area (Å²) in [5, 5.41) is 5.08. The molecule has 1 aromatic heterocycles. The zero-order valence-corrected chi connectivity index (χ0v) is 13.1. The Morgan fingerprint density at radius 1 is 1.19 bits per heavy atom. The van der Waals surface area contributed by atoms with Crippen molar-refractivity contribution >= 4 is 23.2 Å². The van der Waals surface area contributed by atoms with Gasteiger partial charge in [-0.1, -0.05) is 41.2 Å². The van der Waals surface area contributed by atoms with Crippen LogP contribution < -0.4 is 5.73 Å². The van der Waals surface area contributed by atoms with Gasteiger partial charge in [0.2, 0.25) is 11.7 Å². The van der Waals surface area contributed by atoms with E-state index >= 15 is 0 Å². The summed E-state index contributed by atoms with van der Waals surface area (Å²) in [4.78, 5) is 4.40. The average molecular weight is 326 g/mol. The van der Waals surface area contributed by atoms with Crippen LogP contribution in [-0.2, 0) is 6.42 Å². The van der Waals surface area contributed by atoms with Gasteiger partial charge in [0.05, 0.1) is 0 Å². The topological polar surface area (TPSA) is 64.9 Å². The molecule has 0 radical (unpaired) electrons. The van der Waals surface area contributed by atoms with Crippen LogP contribution in [0.15, 0.2) is 22.7 Å². The van der Waals surface area contributed by atoms with E-state index in [1.165, 1.54) is 25.7 Å². The Bertz CT molecular complexity index is 603. The SMILES string of the molecule is NC(Cc1nc(-c2cc(Cl)cc(Cl)c2)no1)C1CCCC1. The van der Waals surface area contributed by atoms with Crippen LogP contribution >= 0.6 is 23.2 Å². The monoisotopic (exact) mass is 325 g/mol. The summed E-state index contributed by atoms with van der Waals surface area (Å²) in [7, 11) is 0. The van der Waals surface area contributed by atoms with E-state index in [0.717, 1.165) is 5.56 Å². The molecule has 1 aliphatic rings. The summed E-state index contributed by atoms with van der Waals surface area (Å²) in [6.45, 7) is 0. The Hall–Kier alpha value is -1.10. The van der Waals surface area contributed by atoms with Crippen LogP contribution in [0.5, 0.6) is 0 Å². The van der Waals surface area contributed by atoms with Gasteiger partial charge < -0.3 is 10.3 Å². The van der Waals surface area contributed by atoms with Crippen molar-refractivity contribution in [3.8, 4) is 11.4 Å². The number of hydrogen-bond acceptors (Lipinski definition) is 4. The number of hydrogen-bond donors (Lipinski definition) is 1. The fourth-order valence-electron chi connectivity index (χ4n) is 2.89. The standard InChI is InChI=1S/C15H17Cl2N3O/c16-11-5-10(6-12(17)7-11)15-19-14(21-20-15)8-13(18)9-3-1-2-4-9/h5-7,9,13H,1-4,8,18H2. The van der Waals surface area contributed by atoms with Gasteiger partial charge >= 0.3 is 0 Å². The Kier molecular flexibility index (Phi) is 4.48. The first-order chi connectivity index (χ1) is 10.1. The van der Waals surface area contributed by atoms with E-state index in [1.807, 2.05) is 0 Å². The number of nitrogens with zero attached hydrogens (tertiary/aromatic N) is 2. The van der Waals surface area contributed by atoms with Gasteiger partial charge in [-0.25, -0.2) is 0 Å². The molecule has 1 atom stereocenters. The molecule has 0 saturated heterocycles. The minimum absolute atomic E-state index is 0.0868. The van der Waals surface area contributed by atoms with Crippen molar-refractivity contribution in [3.05, 3.63) is 34.1 Å². The van der Waals surface area contributed by atoms with Crippen molar-refractivity contribution in [1.29, 1.82) is 0 Å². The van der Waals surface area contributed by atoms with Gasteiger partial charge in [-0.3, -0.25) is 0 Å². The second kappa shape index (κ2) is 6.34. The van der Waals surface area contributed by atoms with Crippen LogP contribution in [0.1, 0.15) is 31.6 Å². The van der Waals surface area contributed by atoms with Crippen LogP contribution in [0.4, 0.5) is 0 Å². The highest BCUT2D eigenvalue weighted by Gasteiger charge is 2.24. The van der Waals surface area contributed by atoms with Crippen LogP contribution in [0.25, 0.3) is 11.4 Å². The fourth-order valence-corrected chi connectivity index (χ4v) is 3.42. The molecule has 1 aliphatic carbocycles. The van der Waals surface area contributed by atoms with Crippen LogP contribution in [0.3, 0.4) is 0 Å². The van der Waals surface area contributed by atoms with E-state index in [9.17, 15) is 0 Å². The quantitative estimate of drug-likeness (QED) is 0.918. The van der Waals surface area contributed by atoms with Crippen LogP contribution in [-0.4, -0.2) is 16.2 Å². The normalized spacial score (nSPS) is 17.3. The molecular weight excluding hydrogens is 309 g/mol. The number of benzene rings is 1. The first kappa shape index (κ1) is 14.8. The molecular formula is C15H17Cl2N3O. The first-order valence-corrected chi connectivity index (χ1v) is 7.92. The van der Waals surface area contributed by atoms with E-state index in [4.69, 9.17) is 33.5 Å². The molecule has 3 rings (SSSR count). The predicted octanol–water partition coefficient (Wildman–Crippen LogP) is 4.10. The van der Waals surface area contributed by atoms with Crippen LogP contribution in [0, 0.1) is 5.92 Å². The molecule has 4 nitrogen and oxygen atoms in total. The van der Waals surface area contributed by atoms with E-state index < -0.39 is 0 Å². The number of aromatic nitrogens is 2. The lowest BCUT2D eigenvalue weighted by atomic mass is 9.96. The number of nitrogens with two attached hydrogens (primary N) is 1. The Morgan fingerprint density at radius 3 is 2.52 bits per heavy atom. The molecule has 21 heavy (non-hydrogen) atoms. The molecule has 112 valence electrons. The fraction of sp³-hybridized carbons (Fsp3) is 0.467. The molecule has 1 heterocycles. The van der Waals surface area contributed by atoms with E-state index in [0.29, 0.717) is 34.1 Å². The van der Waals surface area contributed by atoms with Crippen molar-refractivity contribution < 1.29 is 4.52 Å². The highest BCUT2D eigenvalue weighted by atomic mass is 35.5. The summed E-state index contributed by atoms with van der Waals surface area (Å²) in [6, 6.07) is 5.28. The van der Waals surface area contributed by atoms with Gasteiger partial charge in [0.1, 0.15) is 0 Å². The van der Waals surface area contributed by atoms with Crippen molar-refractivity contribution in [2.45, 2.75) is 38.1 Å². The Balaban J connectivity index is 1.73. The van der Waals surface area contributed by atoms with Crippen LogP contribution in [0.2, 0.25) is 10.0 Å². The molecule has 1 saturated carbocycles. The molecule has 0 spiro atoms. The van der Waals surface area contributed by atoms with E-state index in [-0.39, 0.29) is 6.04 Å². The Labute approximate surface area is 133 Å². The van der Waals surface area contributed by atoms with Gasteiger partial charge in [-0.05, 0) is 37.0 Å². The van der Waals surface area contributed by atoms with Gasteiger partial charge in [-0.2, -0.15) is 4.98 Å². The molecule has 6 heteroatoms. The van der Waals surface area contributed by atoms with E-state index in [1.54, 1.807) is 18.2 Å². The van der Waals surface area contributed by atoms with Gasteiger partial charge in [0, 0.05) is 28.1 Å². The molecule has 0 bridgehead atoms. The highest BCUT2D eigenvalue weighted by molar-refractivity contribution is 6.35. The highest BCUT2D eigenvalue weighted by Crippen LogP contribution is 2.29. The predicted molar refractivity (Wildman–Crippen MR) is 83.4 cm³/mol. The summed E-state index contributed by atoms with van der Waals surface area (Å²) < 4.78 is 5.30. The molecule has 1 unspecified atom stereocenters. The zero-order chi connectivity index (χ0) is 14.8. The maximum atomic E-state index is 6.24. The lowest BCUT2D eigenvalue weighted by Crippen LogP contribution is -2.30. The third-order valence-electron chi connectivity index (χ3n) is 4.00. The number of rotatable bonds is 4. The largest absolute Gasteiger partial charge is 0.339 e. The minimum atomic E-state index is 0.0868. The summed E-state index contributed by atoms with van der Waals surface area (Å²) in [5.74, 6) is 1.63. The molecule has 0 amide bonds. The summed E-state index contributed by atoms with van der Waals surface area (Å²) >= 11 is 12.0. The Morgan fingerprint density at radius 2 is 1.86 bits per heavy atom. The van der Waals surface area contributed by atoms with Crippen molar-refractivity contribution in [2.75, 3.05) is 0 Å². The van der Waals surface area contributed by atoms with E-state index in [2.05, 4.69) is 10.1 Å². The van der Waals surface area contributed by atoms with Gasteiger partial charge in [0.15, 0.2) is 0 Å².